The van der Waals surface area contributed by atoms with E-state index in [2.05, 4.69) is 15.9 Å². The number of hydrogen-bond acceptors (Lipinski definition) is 0. The van der Waals surface area contributed by atoms with Gasteiger partial charge >= 0.3 is 0 Å². The van der Waals surface area contributed by atoms with E-state index >= 15 is 0 Å². The maximum atomic E-state index is 12.5. The number of rotatable bonds is 0. The van der Waals surface area contributed by atoms with Crippen molar-refractivity contribution >= 4 is 15.9 Å². The van der Waals surface area contributed by atoms with Crippen molar-refractivity contribution in [1.82, 2.24) is 0 Å². The zero-order chi connectivity index (χ0) is 5.98. The molecule has 1 rings (SSSR count). The standard InChI is InChI=1S/C6H10BrF/c7-5-3-1-2-4-6(5)8/h5-6H,1-4H2/t5-,6?/m0/s1. The summed E-state index contributed by atoms with van der Waals surface area (Å²) in [7, 11) is 0. The minimum absolute atomic E-state index is 0.149. The molecule has 1 fully saturated rings. The highest BCUT2D eigenvalue weighted by Crippen LogP contribution is 2.26. The van der Waals surface area contributed by atoms with Crippen molar-refractivity contribution in [3.05, 3.63) is 0 Å². The van der Waals surface area contributed by atoms with E-state index < -0.39 is 6.17 Å². The Balaban J connectivity index is 2.28. The third-order valence-corrected chi connectivity index (χ3v) is 2.63. The molecule has 0 N–H and O–H groups in total. The molecule has 0 amide bonds. The van der Waals surface area contributed by atoms with Crippen LogP contribution in [-0.2, 0) is 0 Å². The van der Waals surface area contributed by atoms with Crippen molar-refractivity contribution < 1.29 is 4.39 Å². The lowest BCUT2D eigenvalue weighted by Crippen LogP contribution is -2.19. The van der Waals surface area contributed by atoms with Gasteiger partial charge in [0.05, 0.1) is 0 Å². The van der Waals surface area contributed by atoms with Gasteiger partial charge < -0.3 is 0 Å². The quantitative estimate of drug-likeness (QED) is 0.504. The molecule has 8 heavy (non-hydrogen) atoms. The fourth-order valence-electron chi connectivity index (χ4n) is 1.04. The summed E-state index contributed by atoms with van der Waals surface area (Å²) in [6.07, 6.45) is 3.46. The van der Waals surface area contributed by atoms with Gasteiger partial charge in [-0.1, -0.05) is 28.8 Å². The van der Waals surface area contributed by atoms with E-state index in [1.165, 1.54) is 6.42 Å². The van der Waals surface area contributed by atoms with Crippen molar-refractivity contribution in [2.75, 3.05) is 0 Å². The molecular formula is C6H10BrF. The normalized spacial score (nSPS) is 39.8. The Hall–Kier alpha value is 0.410. The predicted molar refractivity (Wildman–Crippen MR) is 36.1 cm³/mol. The second-order valence-electron chi connectivity index (χ2n) is 2.32. The van der Waals surface area contributed by atoms with E-state index in [1.54, 1.807) is 0 Å². The van der Waals surface area contributed by atoms with Gasteiger partial charge in [0.1, 0.15) is 6.17 Å². The van der Waals surface area contributed by atoms with Gasteiger partial charge in [-0.15, -0.1) is 0 Å². The molecule has 0 bridgehead atoms. The van der Waals surface area contributed by atoms with Crippen LogP contribution in [0.3, 0.4) is 0 Å². The second kappa shape index (κ2) is 2.81. The second-order valence-corrected chi connectivity index (χ2v) is 3.49. The molecule has 0 aromatic rings. The highest BCUT2D eigenvalue weighted by molar-refractivity contribution is 9.09. The summed E-state index contributed by atoms with van der Waals surface area (Å²) in [4.78, 5) is 0.149. The van der Waals surface area contributed by atoms with E-state index in [0.29, 0.717) is 0 Å². The molecule has 0 radical (unpaired) electrons. The van der Waals surface area contributed by atoms with Gasteiger partial charge in [-0.05, 0) is 12.8 Å². The zero-order valence-electron chi connectivity index (χ0n) is 4.74. The van der Waals surface area contributed by atoms with Gasteiger partial charge in [-0.3, -0.25) is 0 Å². The summed E-state index contributed by atoms with van der Waals surface area (Å²) in [6, 6.07) is 0. The zero-order valence-corrected chi connectivity index (χ0v) is 6.33. The van der Waals surface area contributed by atoms with Crippen molar-refractivity contribution in [3.8, 4) is 0 Å². The fourth-order valence-corrected chi connectivity index (χ4v) is 1.63. The molecule has 1 saturated carbocycles. The minimum atomic E-state index is -0.580. The monoisotopic (exact) mass is 180 g/mol. The molecule has 0 heterocycles. The third kappa shape index (κ3) is 1.44. The van der Waals surface area contributed by atoms with E-state index in [0.717, 1.165) is 19.3 Å². The maximum Gasteiger partial charge on any atom is 0.113 e. The first-order valence-electron chi connectivity index (χ1n) is 3.09. The molecule has 0 aromatic carbocycles. The maximum absolute atomic E-state index is 12.5. The Bertz CT molecular complexity index is 64.9. The average molecular weight is 181 g/mol. The Morgan fingerprint density at radius 2 is 1.88 bits per heavy atom. The van der Waals surface area contributed by atoms with Crippen molar-refractivity contribution in [3.63, 3.8) is 0 Å². The van der Waals surface area contributed by atoms with Crippen molar-refractivity contribution in [2.45, 2.75) is 36.7 Å². The summed E-state index contributed by atoms with van der Waals surface area (Å²) in [5.41, 5.74) is 0. The van der Waals surface area contributed by atoms with E-state index in [9.17, 15) is 4.39 Å². The fraction of sp³-hybridized carbons (Fsp3) is 1.00. The average Bonchev–Trinajstić information content (AvgIpc) is 1.77. The first-order chi connectivity index (χ1) is 3.80. The van der Waals surface area contributed by atoms with Crippen LogP contribution in [0, 0.1) is 0 Å². The molecule has 2 heteroatoms. The van der Waals surface area contributed by atoms with Crippen LogP contribution in [-0.4, -0.2) is 11.0 Å². The largest absolute Gasteiger partial charge is 0.246 e. The molecular weight excluding hydrogens is 171 g/mol. The molecule has 0 aliphatic heterocycles. The minimum Gasteiger partial charge on any atom is -0.246 e. The molecule has 2 atom stereocenters. The lowest BCUT2D eigenvalue weighted by molar-refractivity contribution is 0.263. The molecule has 1 aliphatic carbocycles. The van der Waals surface area contributed by atoms with Gasteiger partial charge in [0, 0.05) is 4.83 Å². The first-order valence-corrected chi connectivity index (χ1v) is 4.00. The number of alkyl halides is 2. The molecule has 1 aliphatic rings. The first kappa shape index (κ1) is 6.53. The van der Waals surface area contributed by atoms with Crippen LogP contribution >= 0.6 is 15.9 Å². The summed E-state index contributed by atoms with van der Waals surface area (Å²) in [5.74, 6) is 0. The van der Waals surface area contributed by atoms with Gasteiger partial charge in [0.25, 0.3) is 0 Å². The van der Waals surface area contributed by atoms with Crippen LogP contribution in [0.1, 0.15) is 25.7 Å². The van der Waals surface area contributed by atoms with Crippen LogP contribution in [0.25, 0.3) is 0 Å². The van der Waals surface area contributed by atoms with Crippen LogP contribution in [0.2, 0.25) is 0 Å². The van der Waals surface area contributed by atoms with E-state index in [4.69, 9.17) is 0 Å². The van der Waals surface area contributed by atoms with Crippen LogP contribution in [0.15, 0.2) is 0 Å². The summed E-state index contributed by atoms with van der Waals surface area (Å²) >= 11 is 3.28. The van der Waals surface area contributed by atoms with E-state index in [-0.39, 0.29) is 4.83 Å². The number of hydrogen-bond donors (Lipinski definition) is 0. The Morgan fingerprint density at radius 1 is 1.25 bits per heavy atom. The van der Waals surface area contributed by atoms with Crippen LogP contribution in [0.4, 0.5) is 4.39 Å². The van der Waals surface area contributed by atoms with Gasteiger partial charge in [-0.25, -0.2) is 4.39 Å². The molecule has 0 aromatic heterocycles. The Kier molecular flexibility index (Phi) is 2.29. The molecule has 1 unspecified atom stereocenters. The SMILES string of the molecule is FC1CCCC[C@@H]1Br. The summed E-state index contributed by atoms with van der Waals surface area (Å²) < 4.78 is 12.5. The molecule has 0 saturated heterocycles. The lowest BCUT2D eigenvalue weighted by Gasteiger charge is -2.19. The van der Waals surface area contributed by atoms with Gasteiger partial charge in [0.15, 0.2) is 0 Å². The Morgan fingerprint density at radius 3 is 2.25 bits per heavy atom. The summed E-state index contributed by atoms with van der Waals surface area (Å²) in [6.45, 7) is 0. The number of halogens is 2. The molecule has 0 spiro atoms. The van der Waals surface area contributed by atoms with E-state index in [1.807, 2.05) is 0 Å². The summed E-state index contributed by atoms with van der Waals surface area (Å²) in [5, 5.41) is 0. The third-order valence-electron chi connectivity index (χ3n) is 1.60. The van der Waals surface area contributed by atoms with Crippen LogP contribution in [0.5, 0.6) is 0 Å². The lowest BCUT2D eigenvalue weighted by atomic mass is 9.99. The van der Waals surface area contributed by atoms with Gasteiger partial charge in [0.2, 0.25) is 0 Å². The highest BCUT2D eigenvalue weighted by atomic mass is 79.9. The topological polar surface area (TPSA) is 0 Å². The Labute approximate surface area is 57.6 Å². The molecule has 0 nitrogen and oxygen atoms in total. The predicted octanol–water partition coefficient (Wildman–Crippen LogP) is 2.66. The highest BCUT2D eigenvalue weighted by Gasteiger charge is 2.21. The van der Waals surface area contributed by atoms with Crippen LogP contribution < -0.4 is 0 Å². The van der Waals surface area contributed by atoms with Crippen molar-refractivity contribution in [2.24, 2.45) is 0 Å². The van der Waals surface area contributed by atoms with Gasteiger partial charge in [-0.2, -0.15) is 0 Å². The smallest absolute Gasteiger partial charge is 0.113 e. The molecule has 48 valence electrons. The van der Waals surface area contributed by atoms with Crippen molar-refractivity contribution in [1.29, 1.82) is 0 Å².